The van der Waals surface area contributed by atoms with Crippen LogP contribution in [0.25, 0.3) is 10.8 Å². The molecule has 7 heteroatoms. The van der Waals surface area contributed by atoms with Crippen molar-refractivity contribution in [2.24, 2.45) is 0 Å². The lowest BCUT2D eigenvalue weighted by atomic mass is 10.1. The monoisotopic (exact) mass is 339 g/mol. The van der Waals surface area contributed by atoms with Crippen LogP contribution in [0, 0.1) is 0 Å². The Balaban J connectivity index is 1.68. The largest absolute Gasteiger partial charge is 0.325 e. The standard InChI is InChI=1S/C17H17N5OS/c1-3-10-22-17(19-20-21-22)24-12(2)16(23)18-15-9-8-13-6-4-5-7-14(13)11-15/h3-9,11-12H,1,10H2,2H3,(H,18,23). The molecule has 0 aliphatic rings. The Kier molecular flexibility index (Phi) is 4.90. The Bertz CT molecular complexity index is 876. The molecule has 0 aliphatic carbocycles. The molecule has 1 heterocycles. The van der Waals surface area contributed by atoms with Gasteiger partial charge in [-0.1, -0.05) is 48.2 Å². The molecule has 0 bridgehead atoms. The van der Waals surface area contributed by atoms with Crippen LogP contribution in [0.1, 0.15) is 6.92 Å². The molecule has 0 saturated carbocycles. The minimum atomic E-state index is -0.328. The Morgan fingerprint density at radius 2 is 2.12 bits per heavy atom. The van der Waals surface area contributed by atoms with Crippen LogP contribution in [0.2, 0.25) is 0 Å². The lowest BCUT2D eigenvalue weighted by Gasteiger charge is -2.12. The quantitative estimate of drug-likeness (QED) is 0.552. The summed E-state index contributed by atoms with van der Waals surface area (Å²) in [6, 6.07) is 13.9. The summed E-state index contributed by atoms with van der Waals surface area (Å²) in [7, 11) is 0. The van der Waals surface area contributed by atoms with Crippen LogP contribution in [0.3, 0.4) is 0 Å². The molecule has 0 fully saturated rings. The zero-order valence-electron chi connectivity index (χ0n) is 13.2. The molecule has 0 spiro atoms. The average molecular weight is 339 g/mol. The number of rotatable bonds is 6. The van der Waals surface area contributed by atoms with Gasteiger partial charge in [0.1, 0.15) is 0 Å². The van der Waals surface area contributed by atoms with Crippen LogP contribution in [0.4, 0.5) is 5.69 Å². The van der Waals surface area contributed by atoms with E-state index < -0.39 is 0 Å². The molecule has 0 aliphatic heterocycles. The Morgan fingerprint density at radius 3 is 2.92 bits per heavy atom. The fourth-order valence-electron chi connectivity index (χ4n) is 2.24. The van der Waals surface area contributed by atoms with Crippen molar-refractivity contribution in [3.05, 3.63) is 55.1 Å². The molecular formula is C17H17N5OS. The van der Waals surface area contributed by atoms with E-state index in [1.54, 1.807) is 10.8 Å². The van der Waals surface area contributed by atoms with Crippen molar-refractivity contribution in [1.82, 2.24) is 20.2 Å². The zero-order valence-corrected chi connectivity index (χ0v) is 14.0. The summed E-state index contributed by atoms with van der Waals surface area (Å²) in [6.07, 6.45) is 1.71. The topological polar surface area (TPSA) is 72.7 Å². The highest BCUT2D eigenvalue weighted by molar-refractivity contribution is 8.00. The van der Waals surface area contributed by atoms with E-state index >= 15 is 0 Å². The first-order chi connectivity index (χ1) is 11.7. The number of anilines is 1. The maximum atomic E-state index is 12.4. The van der Waals surface area contributed by atoms with Gasteiger partial charge < -0.3 is 5.32 Å². The first-order valence-electron chi connectivity index (χ1n) is 7.51. The van der Waals surface area contributed by atoms with Crippen LogP contribution in [0.15, 0.2) is 60.3 Å². The molecule has 1 N–H and O–H groups in total. The predicted molar refractivity (Wildman–Crippen MR) is 95.9 cm³/mol. The van der Waals surface area contributed by atoms with Gasteiger partial charge >= 0.3 is 0 Å². The molecule has 122 valence electrons. The first-order valence-corrected chi connectivity index (χ1v) is 8.38. The number of thioether (sulfide) groups is 1. The number of carbonyl (C=O) groups excluding carboxylic acids is 1. The van der Waals surface area contributed by atoms with Gasteiger partial charge in [-0.15, -0.1) is 11.7 Å². The van der Waals surface area contributed by atoms with Crippen molar-refractivity contribution < 1.29 is 4.79 Å². The van der Waals surface area contributed by atoms with E-state index in [1.165, 1.54) is 11.8 Å². The van der Waals surface area contributed by atoms with Gasteiger partial charge in [-0.25, -0.2) is 4.68 Å². The van der Waals surface area contributed by atoms with Crippen LogP contribution in [-0.2, 0) is 11.3 Å². The van der Waals surface area contributed by atoms with Crippen molar-refractivity contribution in [1.29, 1.82) is 0 Å². The third-order valence-corrected chi connectivity index (χ3v) is 4.54. The van der Waals surface area contributed by atoms with Gasteiger partial charge in [-0.3, -0.25) is 4.79 Å². The molecule has 6 nitrogen and oxygen atoms in total. The minimum Gasteiger partial charge on any atom is -0.325 e. The number of nitrogens with one attached hydrogen (secondary N) is 1. The van der Waals surface area contributed by atoms with Gasteiger partial charge in [0.05, 0.1) is 11.8 Å². The SMILES string of the molecule is C=CCn1nnnc1SC(C)C(=O)Nc1ccc2ccccc2c1. The first kappa shape index (κ1) is 16.2. The van der Waals surface area contributed by atoms with Crippen LogP contribution in [-0.4, -0.2) is 31.4 Å². The van der Waals surface area contributed by atoms with Gasteiger partial charge in [0.15, 0.2) is 0 Å². The number of hydrogen-bond donors (Lipinski definition) is 1. The number of hydrogen-bond acceptors (Lipinski definition) is 5. The molecule has 24 heavy (non-hydrogen) atoms. The van der Waals surface area contributed by atoms with Crippen molar-refractivity contribution in [2.75, 3.05) is 5.32 Å². The van der Waals surface area contributed by atoms with Crippen molar-refractivity contribution in [2.45, 2.75) is 23.9 Å². The number of allylic oxidation sites excluding steroid dienone is 1. The molecule has 1 aromatic heterocycles. The van der Waals surface area contributed by atoms with Gasteiger partial charge in [0.25, 0.3) is 0 Å². The molecule has 1 unspecified atom stereocenters. The highest BCUT2D eigenvalue weighted by Gasteiger charge is 2.18. The smallest absolute Gasteiger partial charge is 0.237 e. The van der Waals surface area contributed by atoms with E-state index in [1.807, 2.05) is 49.4 Å². The molecule has 0 saturated heterocycles. The van der Waals surface area contributed by atoms with Gasteiger partial charge in [0, 0.05) is 5.69 Å². The van der Waals surface area contributed by atoms with Gasteiger partial charge in [0.2, 0.25) is 11.1 Å². The van der Waals surface area contributed by atoms with Crippen LogP contribution < -0.4 is 5.32 Å². The number of benzene rings is 2. The third-order valence-electron chi connectivity index (χ3n) is 3.47. The van der Waals surface area contributed by atoms with Gasteiger partial charge in [-0.2, -0.15) is 0 Å². The fraction of sp³-hybridized carbons (Fsp3) is 0.176. The molecule has 2 aromatic carbocycles. The fourth-order valence-corrected chi connectivity index (χ4v) is 3.04. The molecule has 1 atom stereocenters. The van der Waals surface area contributed by atoms with E-state index in [0.717, 1.165) is 16.5 Å². The summed E-state index contributed by atoms with van der Waals surface area (Å²) >= 11 is 1.31. The predicted octanol–water partition coefficient (Wildman–Crippen LogP) is 3.13. The van der Waals surface area contributed by atoms with E-state index in [4.69, 9.17) is 0 Å². The minimum absolute atomic E-state index is 0.0940. The number of nitrogens with zero attached hydrogens (tertiary/aromatic N) is 4. The summed E-state index contributed by atoms with van der Waals surface area (Å²) in [6.45, 7) is 6.00. The third kappa shape index (κ3) is 3.62. The van der Waals surface area contributed by atoms with E-state index in [9.17, 15) is 4.79 Å². The van der Waals surface area contributed by atoms with Gasteiger partial charge in [-0.05, 0) is 40.3 Å². The number of amides is 1. The number of tetrazole rings is 1. The van der Waals surface area contributed by atoms with Crippen molar-refractivity contribution in [3.8, 4) is 0 Å². The molecule has 3 rings (SSSR count). The molecule has 0 radical (unpaired) electrons. The van der Waals surface area contributed by atoms with Crippen LogP contribution >= 0.6 is 11.8 Å². The number of aromatic nitrogens is 4. The lowest BCUT2D eigenvalue weighted by molar-refractivity contribution is -0.115. The summed E-state index contributed by atoms with van der Waals surface area (Å²) in [5.41, 5.74) is 0.775. The van der Waals surface area contributed by atoms with Crippen molar-refractivity contribution in [3.63, 3.8) is 0 Å². The highest BCUT2D eigenvalue weighted by Crippen LogP contribution is 2.23. The van der Waals surface area contributed by atoms with Crippen molar-refractivity contribution >= 4 is 34.1 Å². The maximum Gasteiger partial charge on any atom is 0.237 e. The second-order valence-electron chi connectivity index (χ2n) is 5.24. The van der Waals surface area contributed by atoms with E-state index in [2.05, 4.69) is 27.4 Å². The van der Waals surface area contributed by atoms with E-state index in [-0.39, 0.29) is 11.2 Å². The maximum absolute atomic E-state index is 12.4. The Hall–Kier alpha value is -2.67. The Morgan fingerprint density at radius 1 is 1.33 bits per heavy atom. The average Bonchev–Trinajstić information content (AvgIpc) is 3.02. The second kappa shape index (κ2) is 7.27. The highest BCUT2D eigenvalue weighted by atomic mass is 32.2. The summed E-state index contributed by atoms with van der Waals surface area (Å²) in [5, 5.41) is 16.9. The van der Waals surface area contributed by atoms with Crippen LogP contribution in [0.5, 0.6) is 0 Å². The number of fused-ring (bicyclic) bond motifs is 1. The second-order valence-corrected chi connectivity index (χ2v) is 6.55. The zero-order chi connectivity index (χ0) is 16.9. The number of carbonyl (C=O) groups is 1. The summed E-state index contributed by atoms with van der Waals surface area (Å²) in [4.78, 5) is 12.4. The normalized spacial score (nSPS) is 12.0. The molecule has 1 amide bonds. The summed E-state index contributed by atoms with van der Waals surface area (Å²) < 4.78 is 1.61. The lowest BCUT2D eigenvalue weighted by Crippen LogP contribution is -2.23. The molecule has 3 aromatic rings. The summed E-state index contributed by atoms with van der Waals surface area (Å²) in [5.74, 6) is -0.0940. The molecular weight excluding hydrogens is 322 g/mol. The van der Waals surface area contributed by atoms with E-state index in [0.29, 0.717) is 11.7 Å². The Labute approximate surface area is 143 Å².